The van der Waals surface area contributed by atoms with Crippen LogP contribution < -0.4 is 16.2 Å². The minimum atomic E-state index is -0.418. The Balaban J connectivity index is 0.00000208. The number of nitrogens with zero attached hydrogens (tertiary/aromatic N) is 2. The number of thioether (sulfide) groups is 1. The maximum atomic E-state index is 12.5. The molecule has 0 bridgehead atoms. The number of aromatic nitrogens is 2. The van der Waals surface area contributed by atoms with E-state index in [-0.39, 0.29) is 23.5 Å². The number of nitrogens with one attached hydrogen (secondary N) is 2. The Morgan fingerprint density at radius 2 is 2.17 bits per heavy atom. The smallest absolute Gasteiger partial charge is 0.267 e. The van der Waals surface area contributed by atoms with E-state index in [0.29, 0.717) is 23.9 Å². The minimum Gasteiger partial charge on any atom is -0.321 e. The van der Waals surface area contributed by atoms with E-state index in [4.69, 9.17) is 0 Å². The van der Waals surface area contributed by atoms with Gasteiger partial charge in [-0.3, -0.25) is 14.2 Å². The van der Waals surface area contributed by atoms with Crippen molar-refractivity contribution in [2.45, 2.75) is 25.2 Å². The minimum absolute atomic E-state index is 0. The molecule has 1 amide bonds. The summed E-state index contributed by atoms with van der Waals surface area (Å²) in [6, 6.07) is 7.56. The van der Waals surface area contributed by atoms with Gasteiger partial charge in [0.25, 0.3) is 11.5 Å². The van der Waals surface area contributed by atoms with Gasteiger partial charge in [-0.2, -0.15) is 0 Å². The Morgan fingerprint density at radius 3 is 2.96 bits per heavy atom. The lowest BCUT2D eigenvalue weighted by molar-refractivity contribution is 0.102. The molecule has 0 spiro atoms. The largest absolute Gasteiger partial charge is 0.321 e. The van der Waals surface area contributed by atoms with E-state index in [1.54, 1.807) is 4.57 Å². The molecule has 1 aliphatic heterocycles. The summed E-state index contributed by atoms with van der Waals surface area (Å²) in [5.41, 5.74) is 1.49. The molecule has 1 aromatic heterocycles. The number of amides is 1. The number of benzene rings is 1. The second kappa shape index (κ2) is 8.32. The molecule has 1 aliphatic rings. The molecule has 6 nitrogen and oxygen atoms in total. The molecule has 0 fully saturated rings. The van der Waals surface area contributed by atoms with Gasteiger partial charge in [-0.05, 0) is 18.2 Å². The summed E-state index contributed by atoms with van der Waals surface area (Å²) in [6.45, 7) is 4.13. The zero-order valence-corrected chi connectivity index (χ0v) is 14.9. The predicted octanol–water partition coefficient (Wildman–Crippen LogP) is 2.13. The highest BCUT2D eigenvalue weighted by Gasteiger charge is 2.20. The molecule has 128 valence electrons. The van der Waals surface area contributed by atoms with Gasteiger partial charge in [-0.1, -0.05) is 36.9 Å². The average molecular weight is 367 g/mol. The number of carbonyl (C=O) groups is 1. The zero-order chi connectivity index (χ0) is 16.2. The number of halogens is 1. The van der Waals surface area contributed by atoms with E-state index in [1.807, 2.05) is 31.2 Å². The first kappa shape index (κ1) is 18.5. The van der Waals surface area contributed by atoms with Crippen molar-refractivity contribution in [1.82, 2.24) is 14.9 Å². The summed E-state index contributed by atoms with van der Waals surface area (Å²) < 4.78 is 1.56. The molecular formula is C16H19ClN4O2S. The third-order valence-electron chi connectivity index (χ3n) is 3.63. The van der Waals surface area contributed by atoms with E-state index in [0.717, 1.165) is 17.9 Å². The van der Waals surface area contributed by atoms with Crippen LogP contribution in [0.15, 0.2) is 40.4 Å². The van der Waals surface area contributed by atoms with Crippen LogP contribution in [0.25, 0.3) is 0 Å². The molecule has 1 aromatic carbocycles. The summed E-state index contributed by atoms with van der Waals surface area (Å²) in [4.78, 5) is 29.1. The lowest BCUT2D eigenvalue weighted by Gasteiger charge is -2.11. The van der Waals surface area contributed by atoms with E-state index >= 15 is 0 Å². The second-order valence-corrected chi connectivity index (χ2v) is 6.21. The first-order valence-corrected chi connectivity index (χ1v) is 8.52. The summed E-state index contributed by atoms with van der Waals surface area (Å²) >= 11 is 1.53. The van der Waals surface area contributed by atoms with Crippen molar-refractivity contribution < 1.29 is 4.79 Å². The standard InChI is InChI=1S/C16H18N4O2S.ClH/c1-2-17-9-11-5-3-4-6-13(11)19-14(21)12-10-18-16-20(15(12)22)7-8-23-16;/h3-6,10,17H,2,7-9H2,1H3,(H,19,21);1H. The topological polar surface area (TPSA) is 76.0 Å². The monoisotopic (exact) mass is 366 g/mol. The number of anilines is 1. The predicted molar refractivity (Wildman–Crippen MR) is 98.2 cm³/mol. The first-order valence-electron chi connectivity index (χ1n) is 7.53. The summed E-state index contributed by atoms with van der Waals surface area (Å²) in [5, 5.41) is 6.74. The Morgan fingerprint density at radius 1 is 1.38 bits per heavy atom. The van der Waals surface area contributed by atoms with E-state index in [1.165, 1.54) is 18.0 Å². The van der Waals surface area contributed by atoms with Gasteiger partial charge in [0.1, 0.15) is 5.56 Å². The Labute approximate surface area is 150 Å². The van der Waals surface area contributed by atoms with Crippen molar-refractivity contribution in [3.8, 4) is 0 Å². The summed E-state index contributed by atoms with van der Waals surface area (Å²) in [6.07, 6.45) is 1.37. The summed E-state index contributed by atoms with van der Waals surface area (Å²) in [7, 11) is 0. The van der Waals surface area contributed by atoms with Crippen molar-refractivity contribution in [2.75, 3.05) is 17.6 Å². The maximum Gasteiger partial charge on any atom is 0.267 e. The molecule has 0 unspecified atom stereocenters. The van der Waals surface area contributed by atoms with Crippen LogP contribution in [0.2, 0.25) is 0 Å². The Kier molecular flexibility index (Phi) is 6.42. The molecule has 3 rings (SSSR count). The SMILES string of the molecule is CCNCc1ccccc1NC(=O)c1cnc2n(c1=O)CCS2.Cl. The number of hydrogen-bond donors (Lipinski definition) is 2. The molecule has 24 heavy (non-hydrogen) atoms. The fraction of sp³-hybridized carbons (Fsp3) is 0.312. The van der Waals surface area contributed by atoms with Crippen LogP contribution in [0.3, 0.4) is 0 Å². The van der Waals surface area contributed by atoms with E-state index in [2.05, 4.69) is 15.6 Å². The number of fused-ring (bicyclic) bond motifs is 1. The number of carbonyl (C=O) groups excluding carboxylic acids is 1. The van der Waals surface area contributed by atoms with Gasteiger partial charge in [0.15, 0.2) is 5.16 Å². The number of para-hydroxylation sites is 1. The molecule has 0 atom stereocenters. The van der Waals surface area contributed by atoms with Crippen LogP contribution in [-0.2, 0) is 13.1 Å². The van der Waals surface area contributed by atoms with Crippen LogP contribution in [0, 0.1) is 0 Å². The van der Waals surface area contributed by atoms with Crippen LogP contribution in [-0.4, -0.2) is 27.8 Å². The quantitative estimate of drug-likeness (QED) is 0.793. The fourth-order valence-corrected chi connectivity index (χ4v) is 3.33. The van der Waals surface area contributed by atoms with Crippen molar-refractivity contribution in [3.63, 3.8) is 0 Å². The average Bonchev–Trinajstić information content (AvgIpc) is 3.04. The molecule has 0 saturated heterocycles. The first-order chi connectivity index (χ1) is 11.2. The number of rotatable bonds is 5. The van der Waals surface area contributed by atoms with Crippen molar-refractivity contribution >= 4 is 35.8 Å². The Bertz CT molecular complexity index is 794. The fourth-order valence-electron chi connectivity index (χ4n) is 2.42. The molecular weight excluding hydrogens is 348 g/mol. The summed E-state index contributed by atoms with van der Waals surface area (Å²) in [5.74, 6) is 0.400. The molecule has 8 heteroatoms. The molecule has 2 heterocycles. The Hall–Kier alpha value is -1.83. The van der Waals surface area contributed by atoms with Crippen LogP contribution in [0.5, 0.6) is 0 Å². The van der Waals surface area contributed by atoms with Crippen LogP contribution >= 0.6 is 24.2 Å². The van der Waals surface area contributed by atoms with E-state index in [9.17, 15) is 9.59 Å². The van der Waals surface area contributed by atoms with Gasteiger partial charge in [-0.25, -0.2) is 4.98 Å². The van der Waals surface area contributed by atoms with E-state index < -0.39 is 5.91 Å². The van der Waals surface area contributed by atoms with Gasteiger partial charge in [0.2, 0.25) is 0 Å². The highest BCUT2D eigenvalue weighted by molar-refractivity contribution is 7.99. The van der Waals surface area contributed by atoms with Gasteiger partial charge in [0.05, 0.1) is 0 Å². The van der Waals surface area contributed by atoms with Crippen molar-refractivity contribution in [1.29, 1.82) is 0 Å². The van der Waals surface area contributed by atoms with Gasteiger partial charge in [0, 0.05) is 30.7 Å². The molecule has 0 saturated carbocycles. The highest BCUT2D eigenvalue weighted by atomic mass is 35.5. The van der Waals surface area contributed by atoms with Crippen molar-refractivity contribution in [2.24, 2.45) is 0 Å². The third kappa shape index (κ3) is 3.80. The zero-order valence-electron chi connectivity index (χ0n) is 13.2. The maximum absolute atomic E-state index is 12.5. The van der Waals surface area contributed by atoms with Crippen LogP contribution in [0.4, 0.5) is 5.69 Å². The third-order valence-corrected chi connectivity index (χ3v) is 4.60. The lowest BCUT2D eigenvalue weighted by atomic mass is 10.1. The molecule has 0 radical (unpaired) electrons. The lowest BCUT2D eigenvalue weighted by Crippen LogP contribution is -2.29. The molecule has 2 aromatic rings. The normalized spacial score (nSPS) is 12.4. The molecule has 2 N–H and O–H groups in total. The molecule has 0 aliphatic carbocycles. The van der Waals surface area contributed by atoms with Crippen LogP contribution in [0.1, 0.15) is 22.8 Å². The van der Waals surface area contributed by atoms with Gasteiger partial charge in [-0.15, -0.1) is 12.4 Å². The second-order valence-electron chi connectivity index (χ2n) is 5.15. The highest BCUT2D eigenvalue weighted by Crippen LogP contribution is 2.21. The number of hydrogen-bond acceptors (Lipinski definition) is 5. The van der Waals surface area contributed by atoms with Gasteiger partial charge >= 0.3 is 0 Å². The van der Waals surface area contributed by atoms with Gasteiger partial charge < -0.3 is 10.6 Å². The van der Waals surface area contributed by atoms with Crippen molar-refractivity contribution in [3.05, 3.63) is 51.9 Å².